The van der Waals surface area contributed by atoms with Gasteiger partial charge in [-0.05, 0) is 37.5 Å². The molecule has 0 aromatic carbocycles. The summed E-state index contributed by atoms with van der Waals surface area (Å²) in [5.41, 5.74) is 0.0734. The molecule has 7 heteroatoms. The predicted octanol–water partition coefficient (Wildman–Crippen LogP) is 1.27. The minimum atomic E-state index is -0.902. The van der Waals surface area contributed by atoms with E-state index < -0.39 is 10.8 Å². The van der Waals surface area contributed by atoms with Crippen LogP contribution in [0, 0.1) is 11.3 Å². The van der Waals surface area contributed by atoms with Crippen LogP contribution in [0.4, 0.5) is 4.79 Å². The highest BCUT2D eigenvalue weighted by Gasteiger charge is 2.59. The van der Waals surface area contributed by atoms with Gasteiger partial charge in [0.05, 0.1) is 17.8 Å². The molecule has 0 unspecified atom stereocenters. The molecule has 2 amide bonds. The molecular formula is C16H26N2O4S. The summed E-state index contributed by atoms with van der Waals surface area (Å²) in [6.07, 6.45) is 7.32. The Morgan fingerprint density at radius 2 is 1.91 bits per heavy atom. The SMILES string of the molecule is COC(=O)[C@H]1CC12CCN(C(=O)NCC1([S@](C)=O)CCC1)CC2. The summed E-state index contributed by atoms with van der Waals surface area (Å²) in [7, 11) is 0.534. The first-order valence-electron chi connectivity index (χ1n) is 8.37. The lowest BCUT2D eigenvalue weighted by Gasteiger charge is -2.40. The fraction of sp³-hybridized carbons (Fsp3) is 0.875. The molecule has 3 rings (SSSR count). The molecule has 1 saturated heterocycles. The standard InChI is InChI=1S/C16H26N2O4S/c1-22-13(19)12-10-15(12)6-8-18(9-7-15)14(20)17-11-16(23(2)21)4-3-5-16/h12H,3-11H2,1-2H3,(H,17,20)/t12-,23+/m1/s1. The summed E-state index contributed by atoms with van der Waals surface area (Å²) in [6, 6.07) is -0.0631. The van der Waals surface area contributed by atoms with E-state index in [-0.39, 0.29) is 28.1 Å². The first-order valence-corrected chi connectivity index (χ1v) is 9.92. The largest absolute Gasteiger partial charge is 0.469 e. The van der Waals surface area contributed by atoms with Crippen LogP contribution in [-0.4, -0.2) is 58.9 Å². The van der Waals surface area contributed by atoms with E-state index in [1.807, 2.05) is 4.90 Å². The van der Waals surface area contributed by atoms with Crippen molar-refractivity contribution in [1.29, 1.82) is 0 Å². The normalized spacial score (nSPS) is 28.6. The number of amides is 2. The van der Waals surface area contributed by atoms with E-state index in [0.29, 0.717) is 19.6 Å². The van der Waals surface area contributed by atoms with Crippen LogP contribution in [0.1, 0.15) is 38.5 Å². The van der Waals surface area contributed by atoms with Gasteiger partial charge in [0, 0.05) is 36.7 Å². The average molecular weight is 342 g/mol. The molecule has 23 heavy (non-hydrogen) atoms. The smallest absolute Gasteiger partial charge is 0.317 e. The van der Waals surface area contributed by atoms with Gasteiger partial charge in [-0.15, -0.1) is 0 Å². The molecule has 2 atom stereocenters. The summed E-state index contributed by atoms with van der Waals surface area (Å²) < 4.78 is 16.5. The Morgan fingerprint density at radius 1 is 1.26 bits per heavy atom. The van der Waals surface area contributed by atoms with Gasteiger partial charge in [-0.1, -0.05) is 6.42 Å². The lowest BCUT2D eigenvalue weighted by atomic mass is 9.84. The fourth-order valence-electron chi connectivity index (χ4n) is 4.02. The van der Waals surface area contributed by atoms with Gasteiger partial charge in [-0.25, -0.2) is 4.79 Å². The van der Waals surface area contributed by atoms with Gasteiger partial charge in [-0.3, -0.25) is 9.00 Å². The van der Waals surface area contributed by atoms with Gasteiger partial charge in [0.1, 0.15) is 0 Å². The fourth-order valence-corrected chi connectivity index (χ4v) is 5.16. The Balaban J connectivity index is 1.46. The Morgan fingerprint density at radius 3 is 2.39 bits per heavy atom. The van der Waals surface area contributed by atoms with Gasteiger partial charge >= 0.3 is 12.0 Å². The maximum absolute atomic E-state index is 12.3. The van der Waals surface area contributed by atoms with Crippen LogP contribution < -0.4 is 5.32 Å². The third kappa shape index (κ3) is 2.99. The maximum Gasteiger partial charge on any atom is 0.317 e. The molecule has 0 radical (unpaired) electrons. The van der Waals surface area contributed by atoms with E-state index in [4.69, 9.17) is 4.74 Å². The minimum Gasteiger partial charge on any atom is -0.469 e. The number of carbonyl (C=O) groups excluding carboxylic acids is 2. The van der Waals surface area contributed by atoms with Crippen LogP contribution in [0.5, 0.6) is 0 Å². The van der Waals surface area contributed by atoms with Gasteiger partial charge < -0.3 is 15.0 Å². The van der Waals surface area contributed by atoms with Crippen LogP contribution in [0.25, 0.3) is 0 Å². The van der Waals surface area contributed by atoms with E-state index >= 15 is 0 Å². The highest BCUT2D eigenvalue weighted by molar-refractivity contribution is 7.85. The van der Waals surface area contributed by atoms with Crippen molar-refractivity contribution >= 4 is 22.8 Å². The van der Waals surface area contributed by atoms with E-state index in [1.54, 1.807) is 6.26 Å². The van der Waals surface area contributed by atoms with Crippen LogP contribution in [-0.2, 0) is 20.3 Å². The van der Waals surface area contributed by atoms with Gasteiger partial charge in [0.15, 0.2) is 0 Å². The number of hydrogen-bond donors (Lipinski definition) is 1. The number of hydrogen-bond acceptors (Lipinski definition) is 4. The molecule has 1 aliphatic heterocycles. The van der Waals surface area contributed by atoms with Crippen molar-refractivity contribution in [2.24, 2.45) is 11.3 Å². The van der Waals surface area contributed by atoms with Crippen LogP contribution in [0.3, 0.4) is 0 Å². The zero-order chi connectivity index (χ0) is 16.7. The zero-order valence-corrected chi connectivity index (χ0v) is 14.7. The van der Waals surface area contributed by atoms with E-state index in [9.17, 15) is 13.8 Å². The van der Waals surface area contributed by atoms with Crippen LogP contribution in [0.2, 0.25) is 0 Å². The predicted molar refractivity (Wildman–Crippen MR) is 87.4 cm³/mol. The molecule has 1 N–H and O–H groups in total. The summed E-state index contributed by atoms with van der Waals surface area (Å²) in [5, 5.41) is 2.97. The number of nitrogens with zero attached hydrogens (tertiary/aromatic N) is 1. The highest BCUT2D eigenvalue weighted by Crippen LogP contribution is 2.59. The number of nitrogens with one attached hydrogen (secondary N) is 1. The first kappa shape index (κ1) is 16.7. The summed E-state index contributed by atoms with van der Waals surface area (Å²) in [5.74, 6) is -0.0845. The molecule has 2 saturated carbocycles. The van der Waals surface area contributed by atoms with Gasteiger partial charge in [-0.2, -0.15) is 0 Å². The second-order valence-corrected chi connectivity index (χ2v) is 9.05. The molecule has 1 heterocycles. The third-order valence-electron chi connectivity index (χ3n) is 6.16. The lowest BCUT2D eigenvalue weighted by molar-refractivity contribution is -0.143. The van der Waals surface area contributed by atoms with Crippen molar-refractivity contribution < 1.29 is 18.5 Å². The average Bonchev–Trinajstić information content (AvgIpc) is 3.19. The molecule has 1 spiro atoms. The van der Waals surface area contributed by atoms with Crippen LogP contribution in [0.15, 0.2) is 0 Å². The minimum absolute atomic E-state index is 0.0264. The number of urea groups is 1. The summed E-state index contributed by atoms with van der Waals surface area (Å²) >= 11 is 0. The molecule has 3 aliphatic rings. The number of methoxy groups -OCH3 is 1. The first-order chi connectivity index (χ1) is 10.9. The van der Waals surface area contributed by atoms with Crippen LogP contribution >= 0.6 is 0 Å². The zero-order valence-electron chi connectivity index (χ0n) is 13.9. The van der Waals surface area contributed by atoms with Crippen molar-refractivity contribution in [2.45, 2.75) is 43.3 Å². The van der Waals surface area contributed by atoms with Crippen molar-refractivity contribution in [2.75, 3.05) is 33.0 Å². The third-order valence-corrected chi connectivity index (χ3v) is 7.93. The van der Waals surface area contributed by atoms with Crippen molar-refractivity contribution in [1.82, 2.24) is 10.2 Å². The van der Waals surface area contributed by atoms with Gasteiger partial charge in [0.25, 0.3) is 0 Å². The molecule has 0 aromatic rings. The Bertz CT molecular complexity index is 524. The Labute approximate surface area is 139 Å². The Hall–Kier alpha value is -1.11. The maximum atomic E-state index is 12.3. The molecule has 2 aliphatic carbocycles. The monoisotopic (exact) mass is 342 g/mol. The molecule has 0 bridgehead atoms. The molecule has 3 fully saturated rings. The second kappa shape index (κ2) is 6.07. The number of rotatable bonds is 4. The number of esters is 1. The van der Waals surface area contributed by atoms with Crippen molar-refractivity contribution in [3.05, 3.63) is 0 Å². The van der Waals surface area contributed by atoms with E-state index in [1.165, 1.54) is 7.11 Å². The number of ether oxygens (including phenoxy) is 1. The number of carbonyl (C=O) groups is 2. The summed E-state index contributed by atoms with van der Waals surface area (Å²) in [4.78, 5) is 25.8. The highest BCUT2D eigenvalue weighted by atomic mass is 32.2. The van der Waals surface area contributed by atoms with E-state index in [0.717, 1.165) is 38.5 Å². The summed E-state index contributed by atoms with van der Waals surface area (Å²) in [6.45, 7) is 1.87. The molecule has 0 aromatic heterocycles. The quantitative estimate of drug-likeness (QED) is 0.781. The molecule has 6 nitrogen and oxygen atoms in total. The van der Waals surface area contributed by atoms with E-state index in [2.05, 4.69) is 5.32 Å². The lowest BCUT2D eigenvalue weighted by Crippen LogP contribution is -2.54. The topological polar surface area (TPSA) is 75.7 Å². The van der Waals surface area contributed by atoms with Crippen molar-refractivity contribution in [3.63, 3.8) is 0 Å². The van der Waals surface area contributed by atoms with Gasteiger partial charge in [0.2, 0.25) is 0 Å². The van der Waals surface area contributed by atoms with Crippen molar-refractivity contribution in [3.8, 4) is 0 Å². The molecular weight excluding hydrogens is 316 g/mol. The Kier molecular flexibility index (Phi) is 4.42. The number of likely N-dealkylation sites (tertiary alicyclic amines) is 1. The second-order valence-electron chi connectivity index (χ2n) is 7.28. The number of piperidine rings is 1. The molecule has 130 valence electrons.